The van der Waals surface area contributed by atoms with Gasteiger partial charge in [0.1, 0.15) is 0 Å². The molecule has 7 nitrogen and oxygen atoms in total. The van der Waals surface area contributed by atoms with Crippen molar-refractivity contribution < 1.29 is 4.74 Å². The number of nitrogen functional groups attached to an aromatic ring is 1. The van der Waals surface area contributed by atoms with E-state index in [-0.39, 0.29) is 5.95 Å². The van der Waals surface area contributed by atoms with Crippen molar-refractivity contribution in [3.8, 4) is 0 Å². The van der Waals surface area contributed by atoms with Crippen LogP contribution in [0.25, 0.3) is 0 Å². The van der Waals surface area contributed by atoms with Crippen molar-refractivity contribution in [2.45, 2.75) is 12.8 Å². The van der Waals surface area contributed by atoms with Gasteiger partial charge < -0.3 is 20.7 Å². The first-order valence-electron chi connectivity index (χ1n) is 6.86. The van der Waals surface area contributed by atoms with Gasteiger partial charge in [-0.25, -0.2) is 0 Å². The number of unbranched alkanes of at least 4 members (excludes halogenated alkanes) is 1. The van der Waals surface area contributed by atoms with Crippen LogP contribution >= 0.6 is 11.8 Å². The molecular formula is C12H22N6OS. The van der Waals surface area contributed by atoms with E-state index in [1.165, 1.54) is 12.2 Å². The Labute approximate surface area is 123 Å². The molecule has 0 atom stereocenters. The molecule has 20 heavy (non-hydrogen) atoms. The van der Waals surface area contributed by atoms with Crippen LogP contribution in [0.5, 0.6) is 0 Å². The van der Waals surface area contributed by atoms with E-state index in [2.05, 4.69) is 31.4 Å². The van der Waals surface area contributed by atoms with E-state index >= 15 is 0 Å². The minimum Gasteiger partial charge on any atom is -0.378 e. The minimum absolute atomic E-state index is 0.258. The van der Waals surface area contributed by atoms with Crippen molar-refractivity contribution in [1.29, 1.82) is 0 Å². The highest BCUT2D eigenvalue weighted by Gasteiger charge is 2.15. The lowest BCUT2D eigenvalue weighted by Gasteiger charge is -2.26. The highest BCUT2D eigenvalue weighted by Crippen LogP contribution is 2.13. The van der Waals surface area contributed by atoms with E-state index in [1.807, 2.05) is 11.8 Å². The van der Waals surface area contributed by atoms with Gasteiger partial charge in [0, 0.05) is 19.6 Å². The van der Waals surface area contributed by atoms with Gasteiger partial charge >= 0.3 is 0 Å². The molecule has 8 heteroatoms. The fourth-order valence-corrected chi connectivity index (χ4v) is 2.43. The zero-order valence-electron chi connectivity index (χ0n) is 11.8. The second kappa shape index (κ2) is 8.11. The summed E-state index contributed by atoms with van der Waals surface area (Å²) < 4.78 is 5.32. The summed E-state index contributed by atoms with van der Waals surface area (Å²) in [5, 5.41) is 3.21. The highest BCUT2D eigenvalue weighted by atomic mass is 32.2. The Bertz CT molecular complexity index is 413. The van der Waals surface area contributed by atoms with Crippen molar-refractivity contribution in [1.82, 2.24) is 15.0 Å². The van der Waals surface area contributed by atoms with Gasteiger partial charge in [0.25, 0.3) is 0 Å². The third-order valence-electron chi connectivity index (χ3n) is 2.99. The van der Waals surface area contributed by atoms with Gasteiger partial charge in [-0.15, -0.1) is 0 Å². The van der Waals surface area contributed by atoms with Crippen LogP contribution in [-0.4, -0.2) is 59.8 Å². The number of nitrogens with two attached hydrogens (primary N) is 1. The Kier molecular flexibility index (Phi) is 6.13. The third kappa shape index (κ3) is 4.68. The zero-order chi connectivity index (χ0) is 14.2. The molecule has 0 unspecified atom stereocenters. The lowest BCUT2D eigenvalue weighted by molar-refractivity contribution is 0.122. The standard InChI is InChI=1S/C12H22N6OS/c1-20-9-3-2-4-14-11-15-10(13)16-12(17-11)18-5-7-19-8-6-18/h2-9H2,1H3,(H3,13,14,15,16,17). The summed E-state index contributed by atoms with van der Waals surface area (Å²) in [7, 11) is 0. The molecule has 1 aromatic heterocycles. The van der Waals surface area contributed by atoms with Crippen molar-refractivity contribution in [2.75, 3.05) is 60.8 Å². The number of aromatic nitrogens is 3. The summed E-state index contributed by atoms with van der Waals surface area (Å²) in [6, 6.07) is 0. The van der Waals surface area contributed by atoms with Crippen molar-refractivity contribution in [3.63, 3.8) is 0 Å². The average molecular weight is 298 g/mol. The van der Waals surface area contributed by atoms with Gasteiger partial charge in [0.05, 0.1) is 13.2 Å². The number of hydrogen-bond acceptors (Lipinski definition) is 8. The maximum absolute atomic E-state index is 5.75. The molecule has 0 radical (unpaired) electrons. The smallest absolute Gasteiger partial charge is 0.232 e. The molecule has 1 aliphatic rings. The van der Waals surface area contributed by atoms with Crippen molar-refractivity contribution in [2.24, 2.45) is 0 Å². The minimum atomic E-state index is 0.258. The number of nitrogens with one attached hydrogen (secondary N) is 1. The fourth-order valence-electron chi connectivity index (χ4n) is 1.94. The maximum atomic E-state index is 5.75. The maximum Gasteiger partial charge on any atom is 0.232 e. The molecule has 0 bridgehead atoms. The predicted octanol–water partition coefficient (Wildman–Crippen LogP) is 0.846. The summed E-state index contributed by atoms with van der Waals surface area (Å²) in [5.74, 6) is 2.63. The van der Waals surface area contributed by atoms with Crippen LogP contribution in [0, 0.1) is 0 Å². The van der Waals surface area contributed by atoms with Crippen LogP contribution in [-0.2, 0) is 4.74 Å². The van der Waals surface area contributed by atoms with Crippen LogP contribution < -0.4 is 16.0 Å². The molecule has 1 fully saturated rings. The third-order valence-corrected chi connectivity index (χ3v) is 3.69. The molecule has 1 saturated heterocycles. The number of anilines is 3. The van der Waals surface area contributed by atoms with E-state index in [1.54, 1.807) is 0 Å². The Morgan fingerprint density at radius 3 is 2.80 bits per heavy atom. The van der Waals surface area contributed by atoms with Gasteiger partial charge in [-0.05, 0) is 24.9 Å². The lowest BCUT2D eigenvalue weighted by Crippen LogP contribution is -2.37. The zero-order valence-corrected chi connectivity index (χ0v) is 12.7. The van der Waals surface area contributed by atoms with Gasteiger partial charge in [-0.1, -0.05) is 0 Å². The Hall–Kier alpha value is -1.28. The van der Waals surface area contributed by atoms with Gasteiger partial charge in [0.15, 0.2) is 0 Å². The van der Waals surface area contributed by atoms with E-state index < -0.39 is 0 Å². The Balaban J connectivity index is 1.90. The van der Waals surface area contributed by atoms with Crippen LogP contribution in [0.3, 0.4) is 0 Å². The molecular weight excluding hydrogens is 276 g/mol. The number of hydrogen-bond donors (Lipinski definition) is 2. The normalized spacial score (nSPS) is 15.3. The first-order chi connectivity index (χ1) is 9.79. The molecule has 2 heterocycles. The van der Waals surface area contributed by atoms with Gasteiger partial charge in [-0.2, -0.15) is 26.7 Å². The van der Waals surface area contributed by atoms with Crippen LogP contribution in [0.2, 0.25) is 0 Å². The van der Waals surface area contributed by atoms with E-state index in [4.69, 9.17) is 10.5 Å². The predicted molar refractivity (Wildman–Crippen MR) is 83.4 cm³/mol. The monoisotopic (exact) mass is 298 g/mol. The Morgan fingerprint density at radius 2 is 2.05 bits per heavy atom. The van der Waals surface area contributed by atoms with E-state index in [0.717, 1.165) is 26.1 Å². The number of ether oxygens (including phenoxy) is 1. The number of nitrogens with zero attached hydrogens (tertiary/aromatic N) is 4. The summed E-state index contributed by atoms with van der Waals surface area (Å²) >= 11 is 1.86. The quantitative estimate of drug-likeness (QED) is 0.716. The molecule has 0 saturated carbocycles. The molecule has 0 spiro atoms. The van der Waals surface area contributed by atoms with Gasteiger partial charge in [0.2, 0.25) is 17.8 Å². The van der Waals surface area contributed by atoms with Crippen molar-refractivity contribution >= 4 is 29.6 Å². The molecule has 1 aliphatic heterocycles. The molecule has 0 aliphatic carbocycles. The average Bonchev–Trinajstić information content (AvgIpc) is 2.47. The summed E-state index contributed by atoms with van der Waals surface area (Å²) in [4.78, 5) is 14.8. The summed E-state index contributed by atoms with van der Waals surface area (Å²) in [5.41, 5.74) is 5.75. The van der Waals surface area contributed by atoms with Crippen LogP contribution in [0.15, 0.2) is 0 Å². The lowest BCUT2D eigenvalue weighted by atomic mass is 10.3. The SMILES string of the molecule is CSCCCCNc1nc(N)nc(N2CCOCC2)n1. The number of rotatable bonds is 7. The van der Waals surface area contributed by atoms with Crippen LogP contribution in [0.1, 0.15) is 12.8 Å². The Morgan fingerprint density at radius 1 is 1.25 bits per heavy atom. The second-order valence-corrected chi connectivity index (χ2v) is 5.53. The number of morpholine rings is 1. The molecule has 1 aromatic rings. The van der Waals surface area contributed by atoms with E-state index in [9.17, 15) is 0 Å². The second-order valence-electron chi connectivity index (χ2n) is 4.54. The summed E-state index contributed by atoms with van der Waals surface area (Å²) in [6.45, 7) is 3.83. The molecule has 2 rings (SSSR count). The first-order valence-corrected chi connectivity index (χ1v) is 8.26. The van der Waals surface area contributed by atoms with E-state index in [0.29, 0.717) is 25.1 Å². The van der Waals surface area contributed by atoms with Gasteiger partial charge in [-0.3, -0.25) is 0 Å². The molecule has 0 aromatic carbocycles. The molecule has 3 N–H and O–H groups in total. The largest absolute Gasteiger partial charge is 0.378 e. The van der Waals surface area contributed by atoms with Crippen LogP contribution in [0.4, 0.5) is 17.8 Å². The topological polar surface area (TPSA) is 89.2 Å². The number of thioether (sulfide) groups is 1. The first kappa shape index (κ1) is 15.1. The van der Waals surface area contributed by atoms with Crippen molar-refractivity contribution in [3.05, 3.63) is 0 Å². The highest BCUT2D eigenvalue weighted by molar-refractivity contribution is 7.98. The molecule has 112 valence electrons. The fraction of sp³-hybridized carbons (Fsp3) is 0.750. The molecule has 0 amide bonds. The summed E-state index contributed by atoms with van der Waals surface area (Å²) in [6.07, 6.45) is 4.40.